The summed E-state index contributed by atoms with van der Waals surface area (Å²) in [5.41, 5.74) is 1.78. The van der Waals surface area contributed by atoms with Gasteiger partial charge in [-0.25, -0.2) is 23.1 Å². The number of halogens is 4. The lowest BCUT2D eigenvalue weighted by molar-refractivity contribution is -0.156. The number of sulfonamides is 1. The molecule has 3 N–H and O–H groups in total. The minimum Gasteiger partial charge on any atom is -0.364 e. The summed E-state index contributed by atoms with van der Waals surface area (Å²) in [6.07, 6.45) is -4.57. The van der Waals surface area contributed by atoms with Gasteiger partial charge in [-0.15, -0.1) is 22.9 Å². The van der Waals surface area contributed by atoms with Crippen molar-refractivity contribution in [3.05, 3.63) is 30.0 Å². The Morgan fingerprint density at radius 3 is 2.60 bits per heavy atom. The van der Waals surface area contributed by atoms with Gasteiger partial charge in [0.15, 0.2) is 5.79 Å². The molecule has 0 radical (unpaired) electrons. The van der Waals surface area contributed by atoms with Gasteiger partial charge in [-0.1, -0.05) is 12.1 Å². The van der Waals surface area contributed by atoms with Gasteiger partial charge in [0.1, 0.15) is 23.5 Å². The Kier molecular flexibility index (Phi) is 8.90. The summed E-state index contributed by atoms with van der Waals surface area (Å²) in [4.78, 5) is 13.5. The van der Waals surface area contributed by atoms with E-state index in [1.807, 2.05) is 24.3 Å². The molecular weight excluding hydrogens is 617 g/mol. The van der Waals surface area contributed by atoms with Gasteiger partial charge in [0.05, 0.1) is 39.4 Å². The number of rotatable bonds is 11. The van der Waals surface area contributed by atoms with Crippen LogP contribution in [-0.4, -0.2) is 78.3 Å². The molecule has 4 unspecified atom stereocenters. The summed E-state index contributed by atoms with van der Waals surface area (Å²) in [6, 6.07) is 7.20. The molecule has 4 atom stereocenters. The third-order valence-electron chi connectivity index (χ3n) is 7.06. The third kappa shape index (κ3) is 7.25. The minimum absolute atomic E-state index is 0.0821. The van der Waals surface area contributed by atoms with Crippen molar-refractivity contribution in [2.45, 2.75) is 63.8 Å². The number of anilines is 2. The fraction of sp³-hybridized carbons (Fsp3) is 0.577. The standard InChI is InChI=1S/C26H32ClF3N6O4S2/c1-14-19(23-35-16-7-4-5-8-18(16)41-23)22(36-24(33-14)31-13-26(28,29)30)34-17-11-15(12-32-42(37,38)10-6-9-27)20-21(17)40-25(2,3)39-20/h4-5,7-8,15,17,20-21,32H,6,9-13H2,1-3H3,(H2,31,33,34,36). The van der Waals surface area contributed by atoms with Crippen molar-refractivity contribution in [1.82, 2.24) is 19.7 Å². The van der Waals surface area contributed by atoms with Gasteiger partial charge < -0.3 is 20.1 Å². The van der Waals surface area contributed by atoms with Crippen molar-refractivity contribution >= 4 is 54.9 Å². The number of nitrogens with one attached hydrogen (secondary N) is 3. The van der Waals surface area contributed by atoms with Crippen LogP contribution in [0.4, 0.5) is 24.9 Å². The molecule has 1 aliphatic carbocycles. The van der Waals surface area contributed by atoms with Gasteiger partial charge in [-0.3, -0.25) is 0 Å². The first-order valence-corrected chi connectivity index (χ1v) is 16.4. The maximum atomic E-state index is 13.0. The number of alkyl halides is 4. The summed E-state index contributed by atoms with van der Waals surface area (Å²) < 4.78 is 79.9. The van der Waals surface area contributed by atoms with Crippen molar-refractivity contribution < 1.29 is 31.1 Å². The van der Waals surface area contributed by atoms with Gasteiger partial charge in [-0.2, -0.15) is 18.2 Å². The summed E-state index contributed by atoms with van der Waals surface area (Å²) >= 11 is 7.09. The van der Waals surface area contributed by atoms with Crippen LogP contribution >= 0.6 is 22.9 Å². The zero-order valence-electron chi connectivity index (χ0n) is 23.2. The number of fused-ring (bicyclic) bond motifs is 2. The van der Waals surface area contributed by atoms with Crippen LogP contribution in [0.2, 0.25) is 0 Å². The summed E-state index contributed by atoms with van der Waals surface area (Å²) in [6.45, 7) is 4.10. The summed E-state index contributed by atoms with van der Waals surface area (Å²) in [7, 11) is -3.53. The first-order valence-electron chi connectivity index (χ1n) is 13.4. The Morgan fingerprint density at radius 2 is 1.88 bits per heavy atom. The molecule has 1 aliphatic heterocycles. The molecule has 1 aromatic carbocycles. The molecule has 1 saturated carbocycles. The Labute approximate surface area is 250 Å². The number of hydrogen-bond donors (Lipinski definition) is 3. The van der Waals surface area contributed by atoms with Crippen LogP contribution in [0.15, 0.2) is 24.3 Å². The molecule has 2 aliphatic rings. The highest BCUT2D eigenvalue weighted by atomic mass is 35.5. The Morgan fingerprint density at radius 1 is 1.14 bits per heavy atom. The maximum Gasteiger partial charge on any atom is 0.405 e. The predicted octanol–water partition coefficient (Wildman–Crippen LogP) is 4.90. The zero-order chi connectivity index (χ0) is 30.3. The molecule has 0 amide bonds. The van der Waals surface area contributed by atoms with Crippen molar-refractivity contribution in [3.8, 4) is 10.6 Å². The smallest absolute Gasteiger partial charge is 0.364 e. The van der Waals surface area contributed by atoms with Gasteiger partial charge in [0.25, 0.3) is 0 Å². The second kappa shape index (κ2) is 12.0. The lowest BCUT2D eigenvalue weighted by Gasteiger charge is -2.25. The second-order valence-corrected chi connectivity index (χ2v) is 14.2. The molecule has 3 aromatic rings. The van der Waals surface area contributed by atoms with Crippen molar-refractivity contribution in [3.63, 3.8) is 0 Å². The van der Waals surface area contributed by atoms with E-state index in [-0.39, 0.29) is 30.0 Å². The lowest BCUT2D eigenvalue weighted by atomic mass is 10.1. The third-order valence-corrected chi connectivity index (χ3v) is 9.81. The second-order valence-electron chi connectivity index (χ2n) is 10.8. The van der Waals surface area contributed by atoms with Crippen molar-refractivity contribution in [2.75, 3.05) is 35.4 Å². The molecule has 2 aromatic heterocycles. The maximum absolute atomic E-state index is 13.0. The van der Waals surface area contributed by atoms with Crippen LogP contribution in [0.1, 0.15) is 32.4 Å². The van der Waals surface area contributed by atoms with Gasteiger partial charge >= 0.3 is 6.18 Å². The number of para-hydroxylation sites is 1. The van der Waals surface area contributed by atoms with Crippen LogP contribution in [-0.2, 0) is 19.5 Å². The van der Waals surface area contributed by atoms with Gasteiger partial charge in [0.2, 0.25) is 16.0 Å². The Hall–Kier alpha value is -2.30. The highest BCUT2D eigenvalue weighted by molar-refractivity contribution is 7.89. The number of thiazole rings is 1. The van der Waals surface area contributed by atoms with Crippen LogP contribution in [0.3, 0.4) is 0 Å². The fourth-order valence-corrected chi connectivity index (χ4v) is 7.82. The van der Waals surface area contributed by atoms with E-state index in [1.54, 1.807) is 20.8 Å². The van der Waals surface area contributed by atoms with Crippen LogP contribution in [0.5, 0.6) is 0 Å². The highest BCUT2D eigenvalue weighted by Crippen LogP contribution is 2.44. The number of nitrogens with zero attached hydrogens (tertiary/aromatic N) is 3. The molecule has 16 heteroatoms. The molecule has 230 valence electrons. The largest absolute Gasteiger partial charge is 0.405 e. The zero-order valence-corrected chi connectivity index (χ0v) is 25.6. The first-order chi connectivity index (χ1) is 19.7. The molecule has 42 heavy (non-hydrogen) atoms. The van der Waals surface area contributed by atoms with E-state index >= 15 is 0 Å². The Bertz CT molecular complexity index is 1500. The number of aryl methyl sites for hydroxylation is 1. The van der Waals surface area contributed by atoms with E-state index in [0.717, 1.165) is 10.2 Å². The van der Waals surface area contributed by atoms with E-state index in [4.69, 9.17) is 26.1 Å². The normalized spacial score (nSPS) is 23.8. The summed E-state index contributed by atoms with van der Waals surface area (Å²) in [5.74, 6) is -0.882. The average Bonchev–Trinajstić information content (AvgIpc) is 3.55. The van der Waals surface area contributed by atoms with E-state index in [1.165, 1.54) is 11.3 Å². The molecule has 1 saturated heterocycles. The topological polar surface area (TPSA) is 127 Å². The summed E-state index contributed by atoms with van der Waals surface area (Å²) in [5, 5.41) is 6.28. The molecule has 5 rings (SSSR count). The number of benzene rings is 1. The quantitative estimate of drug-likeness (QED) is 0.249. The Balaban J connectivity index is 1.46. The van der Waals surface area contributed by atoms with E-state index in [0.29, 0.717) is 34.9 Å². The predicted molar refractivity (Wildman–Crippen MR) is 156 cm³/mol. The molecule has 3 heterocycles. The van der Waals surface area contributed by atoms with E-state index < -0.39 is 46.8 Å². The van der Waals surface area contributed by atoms with Gasteiger partial charge in [-0.05, 0) is 45.7 Å². The van der Waals surface area contributed by atoms with Crippen LogP contribution in [0.25, 0.3) is 20.8 Å². The molecule has 0 spiro atoms. The number of ether oxygens (including phenoxy) is 2. The minimum atomic E-state index is -4.46. The molecular formula is C26H32ClF3N6O4S2. The molecule has 10 nitrogen and oxygen atoms in total. The number of hydrogen-bond acceptors (Lipinski definition) is 10. The van der Waals surface area contributed by atoms with E-state index in [2.05, 4.69) is 25.3 Å². The average molecular weight is 649 g/mol. The van der Waals surface area contributed by atoms with Gasteiger partial charge in [0, 0.05) is 18.3 Å². The van der Waals surface area contributed by atoms with Crippen molar-refractivity contribution in [2.24, 2.45) is 5.92 Å². The SMILES string of the molecule is Cc1nc(NCC(F)(F)F)nc(NC2CC(CNS(=O)(=O)CCCCl)C3OC(C)(C)OC23)c1-c1nc2ccccc2s1. The van der Waals surface area contributed by atoms with Crippen molar-refractivity contribution in [1.29, 1.82) is 0 Å². The highest BCUT2D eigenvalue weighted by Gasteiger charge is 2.54. The van der Waals surface area contributed by atoms with Crippen LogP contribution < -0.4 is 15.4 Å². The molecule has 2 fully saturated rings. The van der Waals surface area contributed by atoms with E-state index in [9.17, 15) is 21.6 Å². The number of aromatic nitrogens is 3. The van der Waals surface area contributed by atoms with Crippen LogP contribution in [0, 0.1) is 12.8 Å². The lowest BCUT2D eigenvalue weighted by Crippen LogP contribution is -2.36. The molecule has 0 bridgehead atoms. The first kappa shape index (κ1) is 31.1. The monoisotopic (exact) mass is 648 g/mol. The fourth-order valence-electron chi connectivity index (χ4n) is 5.33.